The maximum Gasteiger partial charge on any atom is 0.341 e. The van der Waals surface area contributed by atoms with Gasteiger partial charge in [0.25, 0.3) is 11.6 Å². The highest BCUT2D eigenvalue weighted by Crippen LogP contribution is 2.23. The first-order valence-electron chi connectivity index (χ1n) is 8.07. The van der Waals surface area contributed by atoms with Crippen molar-refractivity contribution in [3.05, 3.63) is 33.9 Å². The number of carbonyl (C=O) groups excluding carboxylic acids is 2. The molecule has 1 heterocycles. The Morgan fingerprint density at radius 3 is 2.68 bits per heavy atom. The fraction of sp³-hybridized carbons (Fsp3) is 0.500. The predicted octanol–water partition coefficient (Wildman–Crippen LogP) is 1.17. The van der Waals surface area contributed by atoms with Crippen LogP contribution in [0.3, 0.4) is 0 Å². The number of esters is 1. The van der Waals surface area contributed by atoms with E-state index < -0.39 is 17.0 Å². The molecule has 1 atom stereocenters. The van der Waals surface area contributed by atoms with Crippen molar-refractivity contribution in [2.75, 3.05) is 31.6 Å². The summed E-state index contributed by atoms with van der Waals surface area (Å²) in [6.07, 6.45) is 0.870. The first kappa shape index (κ1) is 18.7. The number of benzene rings is 1. The second-order valence-corrected chi connectivity index (χ2v) is 5.72. The summed E-state index contributed by atoms with van der Waals surface area (Å²) in [5.41, 5.74) is -0.0192. The molecule has 0 spiro atoms. The van der Waals surface area contributed by atoms with Crippen molar-refractivity contribution in [2.24, 2.45) is 0 Å². The molecule has 2 rings (SSSR count). The molecule has 1 aliphatic rings. The SMILES string of the molecule is C[C@H](OC(=O)c1cc([N+](=O)[O-])ccc1NCCO)C(=O)N1CCCC1. The van der Waals surface area contributed by atoms with Crippen LogP contribution in [-0.2, 0) is 9.53 Å². The minimum absolute atomic E-state index is 0.0521. The molecule has 1 saturated heterocycles. The van der Waals surface area contributed by atoms with Gasteiger partial charge in [0, 0.05) is 37.5 Å². The Morgan fingerprint density at radius 1 is 1.40 bits per heavy atom. The van der Waals surface area contributed by atoms with Gasteiger partial charge >= 0.3 is 5.97 Å². The number of anilines is 1. The number of carbonyl (C=O) groups is 2. The average Bonchev–Trinajstić information content (AvgIpc) is 3.13. The Balaban J connectivity index is 2.16. The number of non-ortho nitro benzene ring substituents is 1. The maximum atomic E-state index is 12.4. The number of nitro benzene ring substituents is 1. The van der Waals surface area contributed by atoms with E-state index in [1.54, 1.807) is 4.90 Å². The van der Waals surface area contributed by atoms with E-state index in [4.69, 9.17) is 9.84 Å². The number of nitrogens with one attached hydrogen (secondary N) is 1. The molecule has 1 amide bonds. The summed E-state index contributed by atoms with van der Waals surface area (Å²) in [6.45, 7) is 2.76. The highest BCUT2D eigenvalue weighted by molar-refractivity contribution is 5.98. The Kier molecular flexibility index (Phi) is 6.29. The second kappa shape index (κ2) is 8.43. The second-order valence-electron chi connectivity index (χ2n) is 5.72. The van der Waals surface area contributed by atoms with Crippen LogP contribution in [-0.4, -0.2) is 59.2 Å². The van der Waals surface area contributed by atoms with E-state index in [2.05, 4.69) is 5.32 Å². The minimum Gasteiger partial charge on any atom is -0.449 e. The van der Waals surface area contributed by atoms with E-state index in [1.807, 2.05) is 0 Å². The third kappa shape index (κ3) is 4.66. The van der Waals surface area contributed by atoms with Gasteiger partial charge in [-0.3, -0.25) is 14.9 Å². The molecule has 1 fully saturated rings. The minimum atomic E-state index is -0.976. The fourth-order valence-corrected chi connectivity index (χ4v) is 2.63. The van der Waals surface area contributed by atoms with Crippen molar-refractivity contribution in [1.29, 1.82) is 0 Å². The molecule has 0 unspecified atom stereocenters. The van der Waals surface area contributed by atoms with Gasteiger partial charge in [-0.15, -0.1) is 0 Å². The third-order valence-electron chi connectivity index (χ3n) is 3.91. The van der Waals surface area contributed by atoms with Crippen LogP contribution in [0.2, 0.25) is 0 Å². The predicted molar refractivity (Wildman–Crippen MR) is 89.4 cm³/mol. The zero-order valence-corrected chi connectivity index (χ0v) is 13.9. The highest BCUT2D eigenvalue weighted by atomic mass is 16.6. The number of nitro groups is 1. The van der Waals surface area contributed by atoms with Crippen molar-refractivity contribution in [2.45, 2.75) is 25.9 Å². The van der Waals surface area contributed by atoms with Gasteiger partial charge in [0.2, 0.25) is 0 Å². The number of rotatable bonds is 7. The van der Waals surface area contributed by atoms with E-state index in [0.29, 0.717) is 18.8 Å². The van der Waals surface area contributed by atoms with Crippen molar-refractivity contribution in [3.8, 4) is 0 Å². The number of ether oxygens (including phenoxy) is 1. The molecule has 9 heteroatoms. The lowest BCUT2D eigenvalue weighted by Crippen LogP contribution is -2.38. The van der Waals surface area contributed by atoms with Crippen LogP contribution in [0.25, 0.3) is 0 Å². The lowest BCUT2D eigenvalue weighted by molar-refractivity contribution is -0.384. The van der Waals surface area contributed by atoms with Crippen LogP contribution in [0.1, 0.15) is 30.1 Å². The maximum absolute atomic E-state index is 12.4. The van der Waals surface area contributed by atoms with Gasteiger partial charge in [-0.25, -0.2) is 4.79 Å². The summed E-state index contributed by atoms with van der Waals surface area (Å²) in [5.74, 6) is -1.11. The number of nitrogens with zero attached hydrogens (tertiary/aromatic N) is 2. The van der Waals surface area contributed by atoms with Gasteiger partial charge in [0.05, 0.1) is 17.1 Å². The summed E-state index contributed by atoms with van der Waals surface area (Å²) >= 11 is 0. The third-order valence-corrected chi connectivity index (χ3v) is 3.91. The molecule has 0 aliphatic carbocycles. The first-order valence-corrected chi connectivity index (χ1v) is 8.07. The van der Waals surface area contributed by atoms with Crippen LogP contribution < -0.4 is 5.32 Å². The lowest BCUT2D eigenvalue weighted by Gasteiger charge is -2.21. The largest absolute Gasteiger partial charge is 0.449 e. The average molecular weight is 351 g/mol. The fourth-order valence-electron chi connectivity index (χ4n) is 2.63. The van der Waals surface area contributed by atoms with Gasteiger partial charge in [0.1, 0.15) is 0 Å². The van der Waals surface area contributed by atoms with E-state index in [1.165, 1.54) is 19.1 Å². The first-order chi connectivity index (χ1) is 11.9. The number of hydrogen-bond acceptors (Lipinski definition) is 7. The zero-order chi connectivity index (χ0) is 18.4. The number of hydrogen-bond donors (Lipinski definition) is 2. The molecule has 136 valence electrons. The van der Waals surface area contributed by atoms with Gasteiger partial charge in [-0.2, -0.15) is 0 Å². The molecule has 1 aromatic carbocycles. The normalized spacial score (nSPS) is 14.9. The zero-order valence-electron chi connectivity index (χ0n) is 13.9. The number of likely N-dealkylation sites (tertiary alicyclic amines) is 1. The monoisotopic (exact) mass is 351 g/mol. The van der Waals surface area contributed by atoms with Crippen molar-refractivity contribution in [1.82, 2.24) is 4.90 Å². The van der Waals surface area contributed by atoms with E-state index in [9.17, 15) is 19.7 Å². The van der Waals surface area contributed by atoms with E-state index in [-0.39, 0.29) is 30.3 Å². The lowest BCUT2D eigenvalue weighted by atomic mass is 10.1. The number of amides is 1. The Bertz CT molecular complexity index is 657. The van der Waals surface area contributed by atoms with Crippen LogP contribution in [0, 0.1) is 10.1 Å². The van der Waals surface area contributed by atoms with Crippen LogP contribution >= 0.6 is 0 Å². The molecule has 0 aromatic heterocycles. The van der Waals surface area contributed by atoms with Gasteiger partial charge in [-0.1, -0.05) is 0 Å². The molecule has 0 saturated carbocycles. The standard InChI is InChI=1S/C16H21N3O6/c1-11(15(21)18-7-2-3-8-18)25-16(22)13-10-12(19(23)24)4-5-14(13)17-6-9-20/h4-5,10-11,17,20H,2-3,6-9H2,1H3/t11-/m0/s1. The van der Waals surface area contributed by atoms with Gasteiger partial charge in [-0.05, 0) is 25.8 Å². The number of aliphatic hydroxyl groups is 1. The number of aliphatic hydroxyl groups excluding tert-OH is 1. The molecular weight excluding hydrogens is 330 g/mol. The van der Waals surface area contributed by atoms with Crippen LogP contribution in [0.15, 0.2) is 18.2 Å². The van der Waals surface area contributed by atoms with Crippen molar-refractivity contribution >= 4 is 23.3 Å². The summed E-state index contributed by atoms with van der Waals surface area (Å²) < 4.78 is 5.21. The quantitative estimate of drug-likeness (QED) is 0.429. The molecule has 1 aliphatic heterocycles. The van der Waals surface area contributed by atoms with E-state index in [0.717, 1.165) is 18.9 Å². The molecular formula is C16H21N3O6. The van der Waals surface area contributed by atoms with Crippen LogP contribution in [0.5, 0.6) is 0 Å². The molecule has 2 N–H and O–H groups in total. The topological polar surface area (TPSA) is 122 Å². The summed E-state index contributed by atoms with van der Waals surface area (Å²) in [6, 6.07) is 3.71. The molecule has 0 radical (unpaired) electrons. The Labute approximate surface area is 144 Å². The molecule has 1 aromatic rings. The van der Waals surface area contributed by atoms with Gasteiger partial charge < -0.3 is 20.1 Å². The summed E-state index contributed by atoms with van der Waals surface area (Å²) in [4.78, 5) is 36.6. The summed E-state index contributed by atoms with van der Waals surface area (Å²) in [5, 5.41) is 22.6. The highest BCUT2D eigenvalue weighted by Gasteiger charge is 2.27. The molecule has 0 bridgehead atoms. The van der Waals surface area contributed by atoms with Crippen molar-refractivity contribution in [3.63, 3.8) is 0 Å². The van der Waals surface area contributed by atoms with Crippen molar-refractivity contribution < 1.29 is 24.4 Å². The van der Waals surface area contributed by atoms with E-state index >= 15 is 0 Å². The smallest absolute Gasteiger partial charge is 0.341 e. The Hall–Kier alpha value is -2.68. The Morgan fingerprint density at radius 2 is 2.08 bits per heavy atom. The van der Waals surface area contributed by atoms with Crippen LogP contribution in [0.4, 0.5) is 11.4 Å². The van der Waals surface area contributed by atoms with Gasteiger partial charge in [0.15, 0.2) is 6.10 Å². The molecule has 25 heavy (non-hydrogen) atoms. The molecule has 9 nitrogen and oxygen atoms in total. The summed E-state index contributed by atoms with van der Waals surface area (Å²) in [7, 11) is 0.